The highest BCUT2D eigenvalue weighted by molar-refractivity contribution is 14.0. The molecule has 0 bridgehead atoms. The summed E-state index contributed by atoms with van der Waals surface area (Å²) in [7, 11) is 4.04. The van der Waals surface area contributed by atoms with E-state index in [9.17, 15) is 0 Å². The molecule has 0 aliphatic carbocycles. The van der Waals surface area contributed by atoms with E-state index in [2.05, 4.69) is 37.9 Å². The topological polar surface area (TPSA) is 52.6 Å². The fourth-order valence-corrected chi connectivity index (χ4v) is 3.45. The van der Waals surface area contributed by atoms with Gasteiger partial charge in [-0.05, 0) is 52.2 Å². The average molecular weight is 451 g/mol. The van der Waals surface area contributed by atoms with Gasteiger partial charge in [-0.1, -0.05) is 0 Å². The maximum atomic E-state index is 4.48. The Hall–Kier alpha value is -0.410. The Morgan fingerprint density at radius 1 is 1.35 bits per heavy atom. The van der Waals surface area contributed by atoms with Crippen molar-refractivity contribution in [2.24, 2.45) is 10.9 Å². The van der Waals surface area contributed by atoms with E-state index < -0.39 is 0 Å². The summed E-state index contributed by atoms with van der Waals surface area (Å²) in [4.78, 5) is 11.2. The van der Waals surface area contributed by atoms with Crippen LogP contribution >= 0.6 is 35.3 Å². The van der Waals surface area contributed by atoms with Gasteiger partial charge in [0.05, 0.1) is 10.7 Å². The molecule has 0 unspecified atom stereocenters. The van der Waals surface area contributed by atoms with Crippen molar-refractivity contribution in [1.29, 1.82) is 0 Å². The summed E-state index contributed by atoms with van der Waals surface area (Å²) in [6.45, 7) is 6.40. The van der Waals surface area contributed by atoms with Crippen LogP contribution in [0, 0.1) is 12.8 Å². The van der Waals surface area contributed by atoms with E-state index >= 15 is 0 Å². The average Bonchev–Trinajstić information content (AvgIpc) is 2.93. The highest BCUT2D eigenvalue weighted by Gasteiger charge is 2.16. The van der Waals surface area contributed by atoms with Gasteiger partial charge in [0.2, 0.25) is 0 Å². The predicted molar refractivity (Wildman–Crippen MR) is 110 cm³/mol. The van der Waals surface area contributed by atoms with Gasteiger partial charge in [0, 0.05) is 31.9 Å². The van der Waals surface area contributed by atoms with Gasteiger partial charge in [0.15, 0.2) is 5.96 Å². The lowest BCUT2D eigenvalue weighted by Gasteiger charge is -2.29. The molecule has 2 N–H and O–H groups in total. The lowest BCUT2D eigenvalue weighted by molar-refractivity contribution is 0.213. The molecule has 0 aromatic carbocycles. The Balaban J connectivity index is 0.00000264. The summed E-state index contributed by atoms with van der Waals surface area (Å²) < 4.78 is 0. The van der Waals surface area contributed by atoms with E-state index in [0.29, 0.717) is 0 Å². The minimum atomic E-state index is 0. The number of aromatic nitrogens is 1. The number of nitrogens with zero attached hydrogens (tertiary/aromatic N) is 3. The number of nitrogens with one attached hydrogen (secondary N) is 2. The molecule has 1 aliphatic rings. The first-order valence-corrected chi connectivity index (χ1v) is 9.09. The zero-order chi connectivity index (χ0) is 15.8. The molecule has 1 saturated heterocycles. The monoisotopic (exact) mass is 451 g/mol. The minimum Gasteiger partial charge on any atom is -0.356 e. The second-order valence-electron chi connectivity index (χ2n) is 6.07. The van der Waals surface area contributed by atoms with E-state index in [4.69, 9.17) is 0 Å². The molecule has 1 aliphatic heterocycles. The Bertz CT molecular complexity index is 469. The van der Waals surface area contributed by atoms with Crippen LogP contribution < -0.4 is 10.6 Å². The maximum absolute atomic E-state index is 4.48. The normalized spacial score (nSPS) is 16.9. The van der Waals surface area contributed by atoms with Crippen molar-refractivity contribution in [2.45, 2.75) is 32.6 Å². The summed E-state index contributed by atoms with van der Waals surface area (Å²) in [5.74, 6) is 1.76. The van der Waals surface area contributed by atoms with E-state index in [0.717, 1.165) is 42.1 Å². The number of piperidine rings is 1. The van der Waals surface area contributed by atoms with E-state index in [-0.39, 0.29) is 24.0 Å². The van der Waals surface area contributed by atoms with Crippen LogP contribution in [0.5, 0.6) is 0 Å². The largest absolute Gasteiger partial charge is 0.356 e. The minimum absolute atomic E-state index is 0. The van der Waals surface area contributed by atoms with Crippen molar-refractivity contribution in [3.8, 4) is 0 Å². The third kappa shape index (κ3) is 7.80. The molecule has 5 nitrogen and oxygen atoms in total. The number of likely N-dealkylation sites (tertiary alicyclic amines) is 1. The lowest BCUT2D eigenvalue weighted by Crippen LogP contribution is -2.40. The van der Waals surface area contributed by atoms with E-state index in [1.165, 1.54) is 32.4 Å². The first kappa shape index (κ1) is 20.6. The molecular weight excluding hydrogens is 421 g/mol. The van der Waals surface area contributed by atoms with Crippen molar-refractivity contribution < 1.29 is 0 Å². The molecule has 1 aromatic rings. The molecular formula is C16H30IN5S. The molecule has 1 aromatic heterocycles. The van der Waals surface area contributed by atoms with Crippen molar-refractivity contribution in [3.05, 3.63) is 16.1 Å². The van der Waals surface area contributed by atoms with Crippen LogP contribution in [0.3, 0.4) is 0 Å². The van der Waals surface area contributed by atoms with Crippen molar-refractivity contribution in [1.82, 2.24) is 20.5 Å². The molecule has 2 rings (SSSR count). The molecule has 0 radical (unpaired) electrons. The molecule has 132 valence electrons. The number of rotatable bonds is 6. The van der Waals surface area contributed by atoms with Crippen molar-refractivity contribution in [2.75, 3.05) is 40.3 Å². The summed E-state index contributed by atoms with van der Waals surface area (Å²) in [6, 6.07) is 0. The van der Waals surface area contributed by atoms with Gasteiger partial charge in [-0.3, -0.25) is 4.99 Å². The first-order valence-electron chi connectivity index (χ1n) is 8.21. The SMILES string of the molecule is CN=C(NCCc1csc(C)n1)NCCC1CCN(C)CC1.I. The second-order valence-corrected chi connectivity index (χ2v) is 7.13. The lowest BCUT2D eigenvalue weighted by atomic mass is 9.94. The summed E-state index contributed by atoms with van der Waals surface area (Å²) >= 11 is 1.71. The third-order valence-corrected chi connectivity index (χ3v) is 5.07. The Morgan fingerprint density at radius 2 is 2.04 bits per heavy atom. The van der Waals surface area contributed by atoms with Gasteiger partial charge in [-0.25, -0.2) is 4.98 Å². The van der Waals surface area contributed by atoms with E-state index in [1.807, 2.05) is 14.0 Å². The number of aryl methyl sites for hydroxylation is 1. The number of guanidine groups is 1. The van der Waals surface area contributed by atoms with Crippen LogP contribution in [0.2, 0.25) is 0 Å². The quantitative estimate of drug-likeness (QED) is 0.397. The molecule has 0 spiro atoms. The molecule has 23 heavy (non-hydrogen) atoms. The van der Waals surface area contributed by atoms with Gasteiger partial charge in [-0.2, -0.15) is 0 Å². The van der Waals surface area contributed by atoms with Crippen LogP contribution in [0.1, 0.15) is 30.0 Å². The smallest absolute Gasteiger partial charge is 0.190 e. The molecule has 0 atom stereocenters. The number of hydrogen-bond donors (Lipinski definition) is 2. The summed E-state index contributed by atoms with van der Waals surface area (Å²) in [5.41, 5.74) is 1.16. The van der Waals surface area contributed by atoms with Crippen molar-refractivity contribution >= 4 is 41.3 Å². The van der Waals surface area contributed by atoms with Crippen LogP contribution in [0.25, 0.3) is 0 Å². The van der Waals surface area contributed by atoms with Crippen LogP contribution in [0.4, 0.5) is 0 Å². The van der Waals surface area contributed by atoms with Crippen LogP contribution in [-0.4, -0.2) is 56.1 Å². The number of aliphatic imine (C=N–C) groups is 1. The number of hydrogen-bond acceptors (Lipinski definition) is 4. The van der Waals surface area contributed by atoms with Gasteiger partial charge < -0.3 is 15.5 Å². The van der Waals surface area contributed by atoms with E-state index in [1.54, 1.807) is 11.3 Å². The van der Waals surface area contributed by atoms with Gasteiger partial charge >= 0.3 is 0 Å². The second kappa shape index (κ2) is 11.2. The fraction of sp³-hybridized carbons (Fsp3) is 0.750. The number of halogens is 1. The third-order valence-electron chi connectivity index (χ3n) is 4.25. The summed E-state index contributed by atoms with van der Waals surface area (Å²) in [5, 5.41) is 10.1. The zero-order valence-electron chi connectivity index (χ0n) is 14.5. The Kier molecular flexibility index (Phi) is 10.0. The molecule has 7 heteroatoms. The Labute approximate surface area is 161 Å². The fourth-order valence-electron chi connectivity index (χ4n) is 2.80. The Morgan fingerprint density at radius 3 is 2.65 bits per heavy atom. The van der Waals surface area contributed by atoms with Gasteiger partial charge in [-0.15, -0.1) is 35.3 Å². The standard InChI is InChI=1S/C16H29N5S.HI/c1-13-20-15(12-22-13)5-9-19-16(17-2)18-8-4-14-6-10-21(3)11-7-14;/h12,14H,4-11H2,1-3H3,(H2,17,18,19);1H. The van der Waals surface area contributed by atoms with Gasteiger partial charge in [0.25, 0.3) is 0 Å². The molecule has 1 fully saturated rings. The first-order chi connectivity index (χ1) is 10.7. The molecule has 0 saturated carbocycles. The van der Waals surface area contributed by atoms with Crippen LogP contribution in [0.15, 0.2) is 10.4 Å². The highest BCUT2D eigenvalue weighted by atomic mass is 127. The molecule has 2 heterocycles. The van der Waals surface area contributed by atoms with Crippen molar-refractivity contribution in [3.63, 3.8) is 0 Å². The number of thiazole rings is 1. The predicted octanol–water partition coefficient (Wildman–Crippen LogP) is 2.51. The van der Waals surface area contributed by atoms with Crippen LogP contribution in [-0.2, 0) is 6.42 Å². The summed E-state index contributed by atoms with van der Waals surface area (Å²) in [6.07, 6.45) is 4.83. The maximum Gasteiger partial charge on any atom is 0.190 e. The highest BCUT2D eigenvalue weighted by Crippen LogP contribution is 2.18. The van der Waals surface area contributed by atoms with Gasteiger partial charge in [0.1, 0.15) is 0 Å². The molecule has 0 amide bonds. The zero-order valence-corrected chi connectivity index (χ0v) is 17.6.